The number of nitrogens with zero attached hydrogens (tertiary/aromatic N) is 1. The van der Waals surface area contributed by atoms with Crippen LogP contribution in [-0.4, -0.2) is 28.1 Å². The Labute approximate surface area is 124 Å². The van der Waals surface area contributed by atoms with Crippen LogP contribution in [0.2, 0.25) is 10.0 Å². The van der Waals surface area contributed by atoms with Gasteiger partial charge < -0.3 is 5.11 Å². The fraction of sp³-hybridized carbons (Fsp3) is 0.500. The normalized spacial score (nSPS) is 13.6. The van der Waals surface area contributed by atoms with Gasteiger partial charge >= 0.3 is 5.97 Å². The Bertz CT molecular complexity index is 469. The maximum atomic E-state index is 11.0. The zero-order valence-electron chi connectivity index (χ0n) is 11.6. The van der Waals surface area contributed by atoms with E-state index in [4.69, 9.17) is 28.3 Å². The summed E-state index contributed by atoms with van der Waals surface area (Å²) >= 11 is 12.2. The van der Waals surface area contributed by atoms with Gasteiger partial charge in [0.25, 0.3) is 0 Å². The van der Waals surface area contributed by atoms with Crippen LogP contribution in [0.5, 0.6) is 0 Å². The van der Waals surface area contributed by atoms with Crippen LogP contribution in [0.25, 0.3) is 0 Å². The first-order chi connectivity index (χ1) is 8.64. The molecule has 0 saturated heterocycles. The number of carboxylic acids is 1. The van der Waals surface area contributed by atoms with Crippen molar-refractivity contribution in [2.45, 2.75) is 39.3 Å². The van der Waals surface area contributed by atoms with Crippen molar-refractivity contribution in [2.24, 2.45) is 0 Å². The molecule has 1 N–H and O–H groups in total. The molecule has 0 aliphatic rings. The van der Waals surface area contributed by atoms with E-state index in [0.29, 0.717) is 10.0 Å². The summed E-state index contributed by atoms with van der Waals surface area (Å²) in [5.41, 5.74) is 0.550. The van der Waals surface area contributed by atoms with Crippen LogP contribution in [0, 0.1) is 0 Å². The molecule has 1 unspecified atom stereocenters. The SMILES string of the molecule is CC(c1cccc(Cl)c1Cl)N(CC(=O)O)C(C)(C)C. The molecule has 106 valence electrons. The molecule has 0 aromatic heterocycles. The Morgan fingerprint density at radius 3 is 2.42 bits per heavy atom. The number of hydrogen-bond acceptors (Lipinski definition) is 2. The van der Waals surface area contributed by atoms with Gasteiger partial charge in [-0.2, -0.15) is 0 Å². The molecular weight excluding hydrogens is 285 g/mol. The molecule has 0 heterocycles. The molecule has 1 aromatic rings. The van der Waals surface area contributed by atoms with E-state index in [1.165, 1.54) is 0 Å². The number of aliphatic carboxylic acids is 1. The summed E-state index contributed by atoms with van der Waals surface area (Å²) in [6, 6.07) is 5.28. The monoisotopic (exact) mass is 303 g/mol. The van der Waals surface area contributed by atoms with E-state index in [-0.39, 0.29) is 18.1 Å². The first-order valence-corrected chi connectivity index (χ1v) is 6.82. The number of benzene rings is 1. The Morgan fingerprint density at radius 1 is 1.37 bits per heavy atom. The molecule has 0 fully saturated rings. The van der Waals surface area contributed by atoms with Crippen molar-refractivity contribution in [3.05, 3.63) is 33.8 Å². The number of carbonyl (C=O) groups is 1. The molecule has 1 atom stereocenters. The molecule has 3 nitrogen and oxygen atoms in total. The summed E-state index contributed by atoms with van der Waals surface area (Å²) in [7, 11) is 0. The maximum absolute atomic E-state index is 11.0. The molecular formula is C14H19Cl2NO2. The van der Waals surface area contributed by atoms with Gasteiger partial charge in [0.1, 0.15) is 0 Å². The highest BCUT2D eigenvalue weighted by molar-refractivity contribution is 6.42. The molecule has 0 aliphatic carbocycles. The predicted molar refractivity (Wildman–Crippen MR) is 79.0 cm³/mol. The quantitative estimate of drug-likeness (QED) is 0.904. The van der Waals surface area contributed by atoms with Crippen molar-refractivity contribution in [1.82, 2.24) is 4.90 Å². The fourth-order valence-corrected chi connectivity index (χ4v) is 2.58. The highest BCUT2D eigenvalue weighted by Gasteiger charge is 2.30. The minimum absolute atomic E-state index is 0.0481. The largest absolute Gasteiger partial charge is 0.480 e. The molecule has 1 rings (SSSR count). The molecule has 0 bridgehead atoms. The standard InChI is InChI=1S/C14H19Cl2NO2/c1-9(10-6-5-7-11(15)13(10)16)17(8-12(18)19)14(2,3)4/h5-7,9H,8H2,1-4H3,(H,18,19). The van der Waals surface area contributed by atoms with E-state index in [2.05, 4.69) is 0 Å². The van der Waals surface area contributed by atoms with Crippen LogP contribution in [0.15, 0.2) is 18.2 Å². The third kappa shape index (κ3) is 4.10. The Kier molecular flexibility index (Phi) is 5.25. The minimum Gasteiger partial charge on any atom is -0.480 e. The second kappa shape index (κ2) is 6.12. The second-order valence-corrected chi connectivity index (χ2v) is 6.30. The second-order valence-electron chi connectivity index (χ2n) is 5.51. The molecule has 19 heavy (non-hydrogen) atoms. The zero-order valence-corrected chi connectivity index (χ0v) is 13.1. The Hall–Kier alpha value is -0.770. The molecule has 0 aliphatic heterocycles. The van der Waals surface area contributed by atoms with E-state index in [9.17, 15) is 4.79 Å². The van der Waals surface area contributed by atoms with Gasteiger partial charge in [-0.15, -0.1) is 0 Å². The third-order valence-electron chi connectivity index (χ3n) is 3.07. The lowest BCUT2D eigenvalue weighted by atomic mass is 9.99. The first-order valence-electron chi connectivity index (χ1n) is 6.07. The van der Waals surface area contributed by atoms with Crippen LogP contribution in [0.4, 0.5) is 0 Å². The van der Waals surface area contributed by atoms with Crippen LogP contribution >= 0.6 is 23.2 Å². The molecule has 0 amide bonds. The number of halogens is 2. The molecule has 5 heteroatoms. The molecule has 0 radical (unpaired) electrons. The van der Waals surface area contributed by atoms with Crippen LogP contribution in [0.3, 0.4) is 0 Å². The molecule has 0 saturated carbocycles. The number of rotatable bonds is 4. The summed E-state index contributed by atoms with van der Waals surface area (Å²) in [6.07, 6.45) is 0. The molecule has 0 spiro atoms. The van der Waals surface area contributed by atoms with Gasteiger partial charge in [-0.3, -0.25) is 9.69 Å². The van der Waals surface area contributed by atoms with Gasteiger partial charge in [0.15, 0.2) is 0 Å². The zero-order chi connectivity index (χ0) is 14.8. The van der Waals surface area contributed by atoms with E-state index < -0.39 is 5.97 Å². The summed E-state index contributed by atoms with van der Waals surface area (Å²) in [5.74, 6) is -0.861. The Balaban J connectivity index is 3.16. The predicted octanol–water partition coefficient (Wildman–Crippen LogP) is 4.24. The number of carboxylic acid groups (broad SMARTS) is 1. The topological polar surface area (TPSA) is 40.5 Å². The first kappa shape index (κ1) is 16.3. The van der Waals surface area contributed by atoms with Crippen molar-refractivity contribution >= 4 is 29.2 Å². The average Bonchev–Trinajstić information content (AvgIpc) is 2.27. The third-order valence-corrected chi connectivity index (χ3v) is 3.90. The van der Waals surface area contributed by atoms with Crippen LogP contribution < -0.4 is 0 Å². The average molecular weight is 304 g/mol. The maximum Gasteiger partial charge on any atom is 0.317 e. The van der Waals surface area contributed by atoms with Gasteiger partial charge in [0.05, 0.1) is 16.6 Å². The van der Waals surface area contributed by atoms with Crippen LogP contribution in [0.1, 0.15) is 39.3 Å². The van der Waals surface area contributed by atoms with E-state index in [0.717, 1.165) is 5.56 Å². The lowest BCUT2D eigenvalue weighted by Crippen LogP contribution is -2.45. The van der Waals surface area contributed by atoms with Crippen LogP contribution in [-0.2, 0) is 4.79 Å². The van der Waals surface area contributed by atoms with Crippen molar-refractivity contribution in [3.8, 4) is 0 Å². The van der Waals surface area contributed by atoms with Gasteiger partial charge in [-0.25, -0.2) is 0 Å². The van der Waals surface area contributed by atoms with E-state index in [1.54, 1.807) is 6.07 Å². The van der Waals surface area contributed by atoms with E-state index in [1.807, 2.05) is 44.7 Å². The number of hydrogen-bond donors (Lipinski definition) is 1. The Morgan fingerprint density at radius 2 is 1.95 bits per heavy atom. The lowest BCUT2D eigenvalue weighted by molar-refractivity contribution is -0.140. The summed E-state index contributed by atoms with van der Waals surface area (Å²) in [5, 5.41) is 10.0. The fourth-order valence-electron chi connectivity index (χ4n) is 2.11. The van der Waals surface area contributed by atoms with Crippen molar-refractivity contribution in [3.63, 3.8) is 0 Å². The molecule has 1 aromatic carbocycles. The van der Waals surface area contributed by atoms with E-state index >= 15 is 0 Å². The smallest absolute Gasteiger partial charge is 0.317 e. The highest BCUT2D eigenvalue weighted by Crippen LogP contribution is 2.35. The summed E-state index contributed by atoms with van der Waals surface area (Å²) in [6.45, 7) is 7.82. The van der Waals surface area contributed by atoms with Gasteiger partial charge in [-0.05, 0) is 39.3 Å². The van der Waals surface area contributed by atoms with Gasteiger partial charge in [-0.1, -0.05) is 35.3 Å². The van der Waals surface area contributed by atoms with Gasteiger partial charge in [0, 0.05) is 11.6 Å². The van der Waals surface area contributed by atoms with Gasteiger partial charge in [0.2, 0.25) is 0 Å². The highest BCUT2D eigenvalue weighted by atomic mass is 35.5. The lowest BCUT2D eigenvalue weighted by Gasteiger charge is -2.39. The van der Waals surface area contributed by atoms with Crippen molar-refractivity contribution in [1.29, 1.82) is 0 Å². The van der Waals surface area contributed by atoms with Crippen molar-refractivity contribution in [2.75, 3.05) is 6.54 Å². The summed E-state index contributed by atoms with van der Waals surface area (Å²) in [4.78, 5) is 12.9. The summed E-state index contributed by atoms with van der Waals surface area (Å²) < 4.78 is 0. The minimum atomic E-state index is -0.861. The van der Waals surface area contributed by atoms with Crippen molar-refractivity contribution < 1.29 is 9.90 Å².